The minimum Gasteiger partial charge on any atom is -0.493 e. The van der Waals surface area contributed by atoms with Gasteiger partial charge in [-0.15, -0.1) is 0 Å². The molecule has 142 valence electrons. The summed E-state index contributed by atoms with van der Waals surface area (Å²) in [5.74, 6) is 0.538. The third-order valence-electron chi connectivity index (χ3n) is 4.18. The number of aliphatic carboxylic acids is 1. The lowest BCUT2D eigenvalue weighted by molar-refractivity contribution is -0.137. The van der Waals surface area contributed by atoms with Gasteiger partial charge in [0.05, 0.1) is 29.8 Å². The van der Waals surface area contributed by atoms with E-state index in [-0.39, 0.29) is 6.54 Å². The van der Waals surface area contributed by atoms with Crippen LogP contribution in [0.4, 0.5) is 0 Å². The van der Waals surface area contributed by atoms with E-state index in [4.69, 9.17) is 21.1 Å². The quantitative estimate of drug-likeness (QED) is 0.569. The fourth-order valence-corrected chi connectivity index (χ4v) is 3.16. The van der Waals surface area contributed by atoms with Crippen molar-refractivity contribution in [2.75, 3.05) is 13.7 Å². The third-order valence-corrected chi connectivity index (χ3v) is 4.46. The molecule has 0 spiro atoms. The monoisotopic (exact) mass is 388 g/mol. The summed E-state index contributed by atoms with van der Waals surface area (Å²) in [4.78, 5) is 16.0. The second-order valence-electron chi connectivity index (χ2n) is 6.10. The summed E-state index contributed by atoms with van der Waals surface area (Å²) in [6.07, 6.45) is 1.92. The maximum atomic E-state index is 11.4. The SMILES string of the molecule is CCCCOc1c(Cl)cc(-c2nc3ccccc3n2CC(=O)O)cc1OC. The first-order valence-electron chi connectivity index (χ1n) is 8.73. The summed E-state index contributed by atoms with van der Waals surface area (Å²) in [6, 6.07) is 10.9. The van der Waals surface area contributed by atoms with Crippen molar-refractivity contribution in [2.24, 2.45) is 0 Å². The smallest absolute Gasteiger partial charge is 0.323 e. The van der Waals surface area contributed by atoms with E-state index in [1.54, 1.807) is 23.8 Å². The van der Waals surface area contributed by atoms with E-state index in [0.717, 1.165) is 18.4 Å². The first kappa shape index (κ1) is 19.0. The normalized spacial score (nSPS) is 10.9. The van der Waals surface area contributed by atoms with E-state index in [1.165, 1.54) is 0 Å². The number of benzene rings is 2. The molecule has 0 saturated heterocycles. The molecule has 3 aromatic rings. The fraction of sp³-hybridized carbons (Fsp3) is 0.300. The van der Waals surface area contributed by atoms with Crippen molar-refractivity contribution >= 4 is 28.6 Å². The molecule has 0 aliphatic carbocycles. The Morgan fingerprint density at radius 3 is 2.78 bits per heavy atom. The number of nitrogens with zero attached hydrogens (tertiary/aromatic N) is 2. The molecule has 0 aliphatic heterocycles. The molecule has 2 aromatic carbocycles. The predicted octanol–water partition coefficient (Wildman–Crippen LogP) is 4.63. The Hall–Kier alpha value is -2.73. The molecule has 6 nitrogen and oxygen atoms in total. The van der Waals surface area contributed by atoms with Crippen LogP contribution in [0, 0.1) is 0 Å². The summed E-state index contributed by atoms with van der Waals surface area (Å²) in [7, 11) is 1.54. The average Bonchev–Trinajstić information content (AvgIpc) is 3.01. The number of imidazole rings is 1. The molecule has 1 heterocycles. The number of methoxy groups -OCH3 is 1. The number of rotatable bonds is 8. The largest absolute Gasteiger partial charge is 0.493 e. The van der Waals surface area contributed by atoms with Crippen molar-refractivity contribution in [1.29, 1.82) is 0 Å². The highest BCUT2D eigenvalue weighted by atomic mass is 35.5. The molecule has 0 fully saturated rings. The molecular formula is C20H21ClN2O4. The van der Waals surface area contributed by atoms with E-state index in [0.29, 0.717) is 40.0 Å². The third kappa shape index (κ3) is 4.01. The van der Waals surface area contributed by atoms with E-state index >= 15 is 0 Å². The van der Waals surface area contributed by atoms with E-state index in [9.17, 15) is 9.90 Å². The fourth-order valence-electron chi connectivity index (χ4n) is 2.90. The van der Waals surface area contributed by atoms with Gasteiger partial charge in [-0.1, -0.05) is 37.1 Å². The van der Waals surface area contributed by atoms with E-state index in [1.807, 2.05) is 24.3 Å². The van der Waals surface area contributed by atoms with Gasteiger partial charge in [0.25, 0.3) is 0 Å². The van der Waals surface area contributed by atoms with Gasteiger partial charge < -0.3 is 19.1 Å². The number of halogens is 1. The molecule has 3 rings (SSSR count). The first-order valence-corrected chi connectivity index (χ1v) is 9.10. The Bertz CT molecular complexity index is 968. The zero-order chi connectivity index (χ0) is 19.4. The summed E-state index contributed by atoms with van der Waals surface area (Å²) in [6.45, 7) is 2.42. The Kier molecular flexibility index (Phi) is 5.86. The van der Waals surface area contributed by atoms with E-state index in [2.05, 4.69) is 11.9 Å². The van der Waals surface area contributed by atoms with Crippen LogP contribution in [0.1, 0.15) is 19.8 Å². The molecule has 0 aliphatic rings. The molecule has 7 heteroatoms. The highest BCUT2D eigenvalue weighted by Crippen LogP contribution is 2.40. The average molecular weight is 389 g/mol. The van der Waals surface area contributed by atoms with Crippen molar-refractivity contribution in [1.82, 2.24) is 9.55 Å². The molecule has 1 aromatic heterocycles. The second kappa shape index (κ2) is 8.31. The highest BCUT2D eigenvalue weighted by Gasteiger charge is 2.19. The minimum atomic E-state index is -0.947. The molecule has 0 bridgehead atoms. The van der Waals surface area contributed by atoms with Crippen molar-refractivity contribution in [3.8, 4) is 22.9 Å². The standard InChI is InChI=1S/C20H21ClN2O4/c1-3-4-9-27-19-14(21)10-13(11-17(19)26-2)20-22-15-7-5-6-8-16(15)23(20)12-18(24)25/h5-8,10-11H,3-4,9,12H2,1-2H3,(H,24,25). The van der Waals surface area contributed by atoms with Crippen LogP contribution in [0.15, 0.2) is 36.4 Å². The molecule has 27 heavy (non-hydrogen) atoms. The zero-order valence-corrected chi connectivity index (χ0v) is 16.0. The number of hydrogen-bond donors (Lipinski definition) is 1. The van der Waals surface area contributed by atoms with Crippen molar-refractivity contribution in [3.63, 3.8) is 0 Å². The van der Waals surface area contributed by atoms with Gasteiger partial charge >= 0.3 is 5.97 Å². The number of unbranched alkanes of at least 4 members (excludes halogenated alkanes) is 1. The summed E-state index contributed by atoms with van der Waals surface area (Å²) in [5.41, 5.74) is 2.12. The maximum Gasteiger partial charge on any atom is 0.323 e. The van der Waals surface area contributed by atoms with Crippen LogP contribution in [-0.2, 0) is 11.3 Å². The molecule has 0 radical (unpaired) electrons. The van der Waals surface area contributed by atoms with Crippen LogP contribution in [0.25, 0.3) is 22.4 Å². The molecular weight excluding hydrogens is 368 g/mol. The number of ether oxygens (including phenoxy) is 2. The number of carbonyl (C=O) groups is 1. The summed E-state index contributed by atoms with van der Waals surface area (Å²) in [5, 5.41) is 9.71. The van der Waals surface area contributed by atoms with Crippen molar-refractivity contribution < 1.29 is 19.4 Å². The van der Waals surface area contributed by atoms with Crippen molar-refractivity contribution in [3.05, 3.63) is 41.4 Å². The Morgan fingerprint density at radius 1 is 1.30 bits per heavy atom. The molecule has 0 atom stereocenters. The van der Waals surface area contributed by atoms with Gasteiger partial charge in [-0.05, 0) is 30.7 Å². The Labute approximate surface area is 162 Å². The van der Waals surface area contributed by atoms with Gasteiger partial charge in [-0.3, -0.25) is 4.79 Å². The summed E-state index contributed by atoms with van der Waals surface area (Å²) >= 11 is 6.44. The Balaban J connectivity index is 2.10. The second-order valence-corrected chi connectivity index (χ2v) is 6.50. The molecule has 0 saturated carbocycles. The number of carboxylic acids is 1. The van der Waals surface area contributed by atoms with Crippen molar-refractivity contribution in [2.45, 2.75) is 26.3 Å². The minimum absolute atomic E-state index is 0.204. The van der Waals surface area contributed by atoms with Crippen LogP contribution in [-0.4, -0.2) is 34.3 Å². The number of fused-ring (bicyclic) bond motifs is 1. The lowest BCUT2D eigenvalue weighted by Crippen LogP contribution is -2.10. The predicted molar refractivity (Wildman–Crippen MR) is 105 cm³/mol. The van der Waals surface area contributed by atoms with Gasteiger partial charge in [0.1, 0.15) is 12.4 Å². The van der Waals surface area contributed by atoms with Crippen LogP contribution >= 0.6 is 11.6 Å². The zero-order valence-electron chi connectivity index (χ0n) is 15.2. The van der Waals surface area contributed by atoms with Crippen LogP contribution in [0.5, 0.6) is 11.5 Å². The topological polar surface area (TPSA) is 73.6 Å². The molecule has 1 N–H and O–H groups in total. The van der Waals surface area contributed by atoms with E-state index < -0.39 is 5.97 Å². The first-order chi connectivity index (χ1) is 13.0. The van der Waals surface area contributed by atoms with Gasteiger partial charge in [0.15, 0.2) is 11.5 Å². The maximum absolute atomic E-state index is 11.4. The van der Waals surface area contributed by atoms with Crippen LogP contribution < -0.4 is 9.47 Å². The number of para-hydroxylation sites is 2. The lowest BCUT2D eigenvalue weighted by Gasteiger charge is -2.14. The van der Waals surface area contributed by atoms with Gasteiger partial charge in [-0.2, -0.15) is 0 Å². The Morgan fingerprint density at radius 2 is 2.07 bits per heavy atom. The highest BCUT2D eigenvalue weighted by molar-refractivity contribution is 6.32. The van der Waals surface area contributed by atoms with Gasteiger partial charge in [-0.25, -0.2) is 4.98 Å². The van der Waals surface area contributed by atoms with Gasteiger partial charge in [0.2, 0.25) is 0 Å². The number of aromatic nitrogens is 2. The number of hydrogen-bond acceptors (Lipinski definition) is 4. The van der Waals surface area contributed by atoms with Crippen LogP contribution in [0.2, 0.25) is 5.02 Å². The summed E-state index contributed by atoms with van der Waals surface area (Å²) < 4.78 is 12.9. The van der Waals surface area contributed by atoms with Gasteiger partial charge in [0, 0.05) is 5.56 Å². The lowest BCUT2D eigenvalue weighted by atomic mass is 10.2. The number of carboxylic acid groups (broad SMARTS) is 1. The molecule has 0 unspecified atom stereocenters. The van der Waals surface area contributed by atoms with Crippen LogP contribution in [0.3, 0.4) is 0 Å². The molecule has 0 amide bonds.